The standard InChI is InChI=1S/C24H32N6O/c1-15-10-12-29(13-11-15)22(23-26-27-28-30(23)19-6-4-5-7-19)20-14-18-9-8-16(2)17(3)21(18)25-24(20)31/h8-9,14-15,19,22H,4-7,10-13H2,1-3H3,(H,25,31)/t22-/m0/s1. The van der Waals surface area contributed by atoms with Crippen LogP contribution in [0.15, 0.2) is 23.0 Å². The zero-order valence-electron chi connectivity index (χ0n) is 18.8. The molecule has 1 N–H and O–H groups in total. The van der Waals surface area contributed by atoms with Gasteiger partial charge in [-0.25, -0.2) is 4.68 Å². The van der Waals surface area contributed by atoms with Crippen LogP contribution in [0.4, 0.5) is 0 Å². The Bertz CT molecular complexity index is 1130. The fraction of sp³-hybridized carbons (Fsp3) is 0.583. The van der Waals surface area contributed by atoms with E-state index in [4.69, 9.17) is 0 Å². The van der Waals surface area contributed by atoms with Gasteiger partial charge in [0.15, 0.2) is 5.82 Å². The smallest absolute Gasteiger partial charge is 0.253 e. The topological polar surface area (TPSA) is 79.7 Å². The largest absolute Gasteiger partial charge is 0.321 e. The highest BCUT2D eigenvalue weighted by molar-refractivity contribution is 5.83. The summed E-state index contributed by atoms with van der Waals surface area (Å²) in [6.45, 7) is 8.36. The molecule has 0 bridgehead atoms. The molecule has 31 heavy (non-hydrogen) atoms. The molecule has 1 atom stereocenters. The van der Waals surface area contributed by atoms with Gasteiger partial charge in [-0.05, 0) is 91.5 Å². The van der Waals surface area contributed by atoms with E-state index in [1.54, 1.807) is 0 Å². The number of aromatic nitrogens is 5. The quantitative estimate of drug-likeness (QED) is 0.688. The number of aromatic amines is 1. The van der Waals surface area contributed by atoms with E-state index in [9.17, 15) is 4.79 Å². The van der Waals surface area contributed by atoms with Gasteiger partial charge in [0, 0.05) is 5.56 Å². The summed E-state index contributed by atoms with van der Waals surface area (Å²) in [5.41, 5.74) is 3.95. The Labute approximate surface area is 182 Å². The van der Waals surface area contributed by atoms with Crippen LogP contribution in [0.3, 0.4) is 0 Å². The van der Waals surface area contributed by atoms with Gasteiger partial charge in [0.25, 0.3) is 5.56 Å². The van der Waals surface area contributed by atoms with Crippen molar-refractivity contribution in [3.8, 4) is 0 Å². The van der Waals surface area contributed by atoms with Crippen molar-refractivity contribution in [2.24, 2.45) is 5.92 Å². The first-order chi connectivity index (χ1) is 15.0. The van der Waals surface area contributed by atoms with Crippen molar-refractivity contribution in [3.05, 3.63) is 51.1 Å². The molecule has 1 saturated heterocycles. The van der Waals surface area contributed by atoms with Crippen molar-refractivity contribution < 1.29 is 0 Å². The SMILES string of the molecule is Cc1ccc2cc([C@@H](c3nnnn3C3CCCC3)N3CCC(C)CC3)c(=O)[nH]c2c1C. The van der Waals surface area contributed by atoms with Gasteiger partial charge in [-0.2, -0.15) is 0 Å². The molecule has 5 rings (SSSR count). The fourth-order valence-corrected chi connectivity index (χ4v) is 5.32. The van der Waals surface area contributed by atoms with Gasteiger partial charge >= 0.3 is 0 Å². The molecule has 0 amide bonds. The molecule has 3 aromatic rings. The highest BCUT2D eigenvalue weighted by Crippen LogP contribution is 2.35. The van der Waals surface area contributed by atoms with E-state index in [1.165, 1.54) is 18.4 Å². The third-order valence-electron chi connectivity index (χ3n) is 7.49. The van der Waals surface area contributed by atoms with Crippen LogP contribution < -0.4 is 5.56 Å². The Morgan fingerprint density at radius 1 is 1.10 bits per heavy atom. The Hall–Kier alpha value is -2.54. The van der Waals surface area contributed by atoms with Crippen molar-refractivity contribution in [2.75, 3.05) is 13.1 Å². The molecule has 1 aliphatic heterocycles. The summed E-state index contributed by atoms with van der Waals surface area (Å²) in [6.07, 6.45) is 6.90. The van der Waals surface area contributed by atoms with Gasteiger partial charge in [-0.3, -0.25) is 9.69 Å². The van der Waals surface area contributed by atoms with Crippen LogP contribution in [0, 0.1) is 19.8 Å². The first-order valence-electron chi connectivity index (χ1n) is 11.7. The summed E-state index contributed by atoms with van der Waals surface area (Å²) >= 11 is 0. The second-order valence-corrected chi connectivity index (χ2v) is 9.57. The molecule has 1 aromatic carbocycles. The zero-order chi connectivity index (χ0) is 21.5. The fourth-order valence-electron chi connectivity index (χ4n) is 5.32. The Kier molecular flexibility index (Phi) is 5.38. The van der Waals surface area contributed by atoms with Crippen LogP contribution in [0.25, 0.3) is 10.9 Å². The second-order valence-electron chi connectivity index (χ2n) is 9.57. The number of nitrogens with zero attached hydrogens (tertiary/aromatic N) is 5. The number of likely N-dealkylation sites (tertiary alicyclic amines) is 1. The first-order valence-corrected chi connectivity index (χ1v) is 11.7. The van der Waals surface area contributed by atoms with Crippen molar-refractivity contribution in [1.29, 1.82) is 0 Å². The first kappa shape index (κ1) is 20.4. The van der Waals surface area contributed by atoms with Crippen LogP contribution in [0.1, 0.15) is 80.0 Å². The van der Waals surface area contributed by atoms with Gasteiger partial charge < -0.3 is 4.98 Å². The number of H-pyrrole nitrogens is 1. The maximum atomic E-state index is 13.4. The number of tetrazole rings is 1. The van der Waals surface area contributed by atoms with Crippen LogP contribution in [-0.2, 0) is 0 Å². The summed E-state index contributed by atoms with van der Waals surface area (Å²) in [5.74, 6) is 1.53. The lowest BCUT2D eigenvalue weighted by Gasteiger charge is -2.36. The Morgan fingerprint density at radius 3 is 2.58 bits per heavy atom. The number of aryl methyl sites for hydroxylation is 2. The molecule has 3 heterocycles. The molecule has 1 saturated carbocycles. The monoisotopic (exact) mass is 420 g/mol. The molecule has 2 fully saturated rings. The van der Waals surface area contributed by atoms with Gasteiger partial charge in [-0.1, -0.05) is 31.9 Å². The zero-order valence-corrected chi connectivity index (χ0v) is 18.8. The van der Waals surface area contributed by atoms with E-state index in [2.05, 4.69) is 64.4 Å². The van der Waals surface area contributed by atoms with E-state index >= 15 is 0 Å². The average Bonchev–Trinajstić information content (AvgIpc) is 3.45. The maximum Gasteiger partial charge on any atom is 0.253 e. The average molecular weight is 421 g/mol. The summed E-state index contributed by atoms with van der Waals surface area (Å²) in [7, 11) is 0. The molecular weight excluding hydrogens is 388 g/mol. The highest BCUT2D eigenvalue weighted by Gasteiger charge is 2.34. The van der Waals surface area contributed by atoms with Gasteiger partial charge in [-0.15, -0.1) is 5.10 Å². The molecule has 7 heteroatoms. The highest BCUT2D eigenvalue weighted by atomic mass is 16.1. The number of piperidine rings is 1. The molecule has 2 aliphatic rings. The van der Waals surface area contributed by atoms with E-state index in [0.29, 0.717) is 12.0 Å². The maximum absolute atomic E-state index is 13.4. The minimum Gasteiger partial charge on any atom is -0.321 e. The van der Waals surface area contributed by atoms with Crippen molar-refractivity contribution in [2.45, 2.75) is 71.4 Å². The lowest BCUT2D eigenvalue weighted by molar-refractivity contribution is 0.147. The number of benzene rings is 1. The number of fused-ring (bicyclic) bond motifs is 1. The number of hydrogen-bond acceptors (Lipinski definition) is 5. The van der Waals surface area contributed by atoms with Gasteiger partial charge in [0.2, 0.25) is 0 Å². The summed E-state index contributed by atoms with van der Waals surface area (Å²) < 4.78 is 2.01. The van der Waals surface area contributed by atoms with Crippen LogP contribution in [0.2, 0.25) is 0 Å². The summed E-state index contributed by atoms with van der Waals surface area (Å²) in [6, 6.07) is 6.40. The number of rotatable bonds is 4. The molecule has 0 radical (unpaired) electrons. The van der Waals surface area contributed by atoms with Crippen molar-refractivity contribution in [1.82, 2.24) is 30.1 Å². The van der Waals surface area contributed by atoms with Crippen LogP contribution >= 0.6 is 0 Å². The van der Waals surface area contributed by atoms with E-state index in [-0.39, 0.29) is 11.6 Å². The Morgan fingerprint density at radius 2 is 1.84 bits per heavy atom. The number of hydrogen-bond donors (Lipinski definition) is 1. The molecule has 164 valence electrons. The molecule has 2 aromatic heterocycles. The normalized spacial score (nSPS) is 20.0. The molecular formula is C24H32N6O. The van der Waals surface area contributed by atoms with Gasteiger partial charge in [0.05, 0.1) is 11.6 Å². The second kappa shape index (κ2) is 8.19. The third-order valence-corrected chi connectivity index (χ3v) is 7.49. The van der Waals surface area contributed by atoms with E-state index < -0.39 is 0 Å². The molecule has 0 unspecified atom stereocenters. The molecule has 1 aliphatic carbocycles. The minimum absolute atomic E-state index is 0.0363. The summed E-state index contributed by atoms with van der Waals surface area (Å²) in [4.78, 5) is 19.0. The van der Waals surface area contributed by atoms with Crippen LogP contribution in [-0.4, -0.2) is 43.2 Å². The lowest BCUT2D eigenvalue weighted by Crippen LogP contribution is -2.40. The number of nitrogens with one attached hydrogen (secondary N) is 1. The lowest BCUT2D eigenvalue weighted by atomic mass is 9.94. The van der Waals surface area contributed by atoms with Crippen molar-refractivity contribution in [3.63, 3.8) is 0 Å². The predicted octanol–water partition coefficient (Wildman–Crippen LogP) is 4.07. The Balaban J connectivity index is 1.65. The van der Waals surface area contributed by atoms with Gasteiger partial charge in [0.1, 0.15) is 6.04 Å². The number of pyridine rings is 1. The van der Waals surface area contributed by atoms with Crippen molar-refractivity contribution >= 4 is 10.9 Å². The van der Waals surface area contributed by atoms with E-state index in [1.807, 2.05) is 4.68 Å². The molecule has 7 nitrogen and oxygen atoms in total. The third kappa shape index (κ3) is 3.69. The predicted molar refractivity (Wildman–Crippen MR) is 121 cm³/mol. The summed E-state index contributed by atoms with van der Waals surface area (Å²) in [5, 5.41) is 14.0. The van der Waals surface area contributed by atoms with E-state index in [0.717, 1.165) is 66.6 Å². The molecule has 0 spiro atoms. The van der Waals surface area contributed by atoms with Crippen LogP contribution in [0.5, 0.6) is 0 Å². The minimum atomic E-state index is -0.224.